The van der Waals surface area contributed by atoms with Gasteiger partial charge in [0, 0.05) is 11.6 Å². The molecule has 0 aliphatic carbocycles. The summed E-state index contributed by atoms with van der Waals surface area (Å²) in [5.74, 6) is -1.70. The molecule has 0 fully saturated rings. The van der Waals surface area contributed by atoms with Gasteiger partial charge in [-0.15, -0.1) is 0 Å². The van der Waals surface area contributed by atoms with E-state index in [2.05, 4.69) is 4.99 Å². The summed E-state index contributed by atoms with van der Waals surface area (Å²) in [5, 5.41) is 21.4. The number of rotatable bonds is 5. The van der Waals surface area contributed by atoms with Crippen LogP contribution in [0, 0.1) is 15.9 Å². The van der Waals surface area contributed by atoms with Crippen LogP contribution in [0.25, 0.3) is 6.08 Å². The first-order chi connectivity index (χ1) is 16.2. The molecule has 3 aromatic rings. The fourth-order valence-corrected chi connectivity index (χ4v) is 4.74. The molecule has 2 aromatic carbocycles. The molecule has 1 aromatic heterocycles. The number of phenolic OH excluding ortho intramolecular Hbond substituents is 1. The highest BCUT2D eigenvalue weighted by molar-refractivity contribution is 7.07. The highest BCUT2D eigenvalue weighted by Gasteiger charge is 2.33. The Balaban J connectivity index is 1.97. The molecule has 2 heterocycles. The van der Waals surface area contributed by atoms with Crippen LogP contribution >= 0.6 is 11.3 Å². The van der Waals surface area contributed by atoms with E-state index >= 15 is 0 Å². The van der Waals surface area contributed by atoms with Crippen LogP contribution in [-0.2, 0) is 9.53 Å². The van der Waals surface area contributed by atoms with E-state index in [0.29, 0.717) is 11.3 Å². The van der Waals surface area contributed by atoms with Crippen molar-refractivity contribution in [2.24, 2.45) is 4.99 Å². The molecule has 9 nitrogen and oxygen atoms in total. The maximum absolute atomic E-state index is 13.6. The van der Waals surface area contributed by atoms with Crippen LogP contribution in [0.15, 0.2) is 63.5 Å². The molecular formula is C23H18FN3O6S. The number of fused-ring (bicyclic) bond motifs is 1. The topological polar surface area (TPSA) is 124 Å². The maximum atomic E-state index is 13.6. The molecule has 1 aliphatic rings. The minimum Gasteiger partial charge on any atom is -0.502 e. The van der Waals surface area contributed by atoms with E-state index in [-0.39, 0.29) is 27.1 Å². The highest BCUT2D eigenvalue weighted by atomic mass is 32.1. The first kappa shape index (κ1) is 23.1. The third-order valence-corrected chi connectivity index (χ3v) is 6.21. The van der Waals surface area contributed by atoms with Gasteiger partial charge in [-0.2, -0.15) is 0 Å². The number of aromatic nitrogens is 1. The van der Waals surface area contributed by atoms with Crippen LogP contribution in [0.1, 0.15) is 31.0 Å². The molecule has 1 aliphatic heterocycles. The van der Waals surface area contributed by atoms with Crippen LogP contribution < -0.4 is 14.9 Å². The monoisotopic (exact) mass is 483 g/mol. The predicted molar refractivity (Wildman–Crippen MR) is 122 cm³/mol. The van der Waals surface area contributed by atoms with Gasteiger partial charge in [-0.05, 0) is 37.6 Å². The lowest BCUT2D eigenvalue weighted by Crippen LogP contribution is -2.39. The lowest BCUT2D eigenvalue weighted by Gasteiger charge is -2.24. The quantitative estimate of drug-likeness (QED) is 0.338. The standard InChI is InChI=1S/C23H18FN3O6S/c1-3-33-22(30)18-12(2)25-23-26(19(18)13-7-9-15(24)10-8-13)21(29)17(34-23)11-14-5-4-6-16(20(14)28)27(31)32/h4-11,19,28H,3H2,1-2H3/b17-11+/t19-/m1/s1. The molecule has 0 unspecified atom stereocenters. The molecule has 4 rings (SSSR count). The normalized spacial score (nSPS) is 15.6. The van der Waals surface area contributed by atoms with Gasteiger partial charge in [0.15, 0.2) is 4.80 Å². The summed E-state index contributed by atoms with van der Waals surface area (Å²) in [7, 11) is 0. The molecular weight excluding hydrogens is 465 g/mol. The summed E-state index contributed by atoms with van der Waals surface area (Å²) in [4.78, 5) is 41.4. The van der Waals surface area contributed by atoms with Gasteiger partial charge in [0.05, 0.1) is 33.4 Å². The van der Waals surface area contributed by atoms with Crippen LogP contribution in [0.5, 0.6) is 5.75 Å². The number of phenols is 1. The van der Waals surface area contributed by atoms with E-state index in [1.165, 1.54) is 47.0 Å². The number of ether oxygens (including phenoxy) is 1. The van der Waals surface area contributed by atoms with Gasteiger partial charge < -0.3 is 9.84 Å². The Kier molecular flexibility index (Phi) is 6.12. The number of hydrogen-bond acceptors (Lipinski definition) is 8. The van der Waals surface area contributed by atoms with E-state index < -0.39 is 39.7 Å². The first-order valence-electron chi connectivity index (χ1n) is 10.1. The Labute approximate surface area is 195 Å². The Morgan fingerprint density at radius 2 is 2.03 bits per heavy atom. The van der Waals surface area contributed by atoms with Crippen LogP contribution in [-0.4, -0.2) is 27.2 Å². The van der Waals surface area contributed by atoms with Gasteiger partial charge in [-0.3, -0.25) is 19.5 Å². The van der Waals surface area contributed by atoms with Crippen LogP contribution in [0.2, 0.25) is 0 Å². The zero-order valence-electron chi connectivity index (χ0n) is 18.0. The number of allylic oxidation sites excluding steroid dienone is 1. The lowest BCUT2D eigenvalue weighted by atomic mass is 9.96. The van der Waals surface area contributed by atoms with E-state index in [1.807, 2.05) is 0 Å². The summed E-state index contributed by atoms with van der Waals surface area (Å²) in [6.07, 6.45) is 1.33. The Hall–Kier alpha value is -4.12. The van der Waals surface area contributed by atoms with Gasteiger partial charge in [0.2, 0.25) is 5.75 Å². The van der Waals surface area contributed by atoms with Crippen molar-refractivity contribution >= 4 is 29.1 Å². The number of carbonyl (C=O) groups excluding carboxylic acids is 1. The smallest absolute Gasteiger partial charge is 0.338 e. The van der Waals surface area contributed by atoms with Crippen molar-refractivity contribution in [1.82, 2.24) is 4.57 Å². The van der Waals surface area contributed by atoms with Crippen LogP contribution in [0.4, 0.5) is 10.1 Å². The molecule has 1 atom stereocenters. The van der Waals surface area contributed by atoms with E-state index in [4.69, 9.17) is 4.74 Å². The van der Waals surface area contributed by atoms with Crippen molar-refractivity contribution in [3.05, 3.63) is 100 Å². The second-order valence-electron chi connectivity index (χ2n) is 7.33. The molecule has 11 heteroatoms. The largest absolute Gasteiger partial charge is 0.502 e. The fraction of sp³-hybridized carbons (Fsp3) is 0.174. The SMILES string of the molecule is CCOC(=O)C1=C(C)N=c2s/c(=C/c3cccc([N+](=O)[O-])c3O)c(=O)n2[C@@H]1c1ccc(F)cc1. The van der Waals surface area contributed by atoms with Gasteiger partial charge in [-0.25, -0.2) is 14.2 Å². The maximum Gasteiger partial charge on any atom is 0.338 e. The second-order valence-corrected chi connectivity index (χ2v) is 8.34. The zero-order valence-corrected chi connectivity index (χ0v) is 18.8. The van der Waals surface area contributed by atoms with E-state index in [1.54, 1.807) is 13.8 Å². The minimum atomic E-state index is -0.920. The number of esters is 1. The van der Waals surface area contributed by atoms with Crippen molar-refractivity contribution < 1.29 is 24.0 Å². The van der Waals surface area contributed by atoms with Crippen molar-refractivity contribution in [1.29, 1.82) is 0 Å². The van der Waals surface area contributed by atoms with Gasteiger partial charge >= 0.3 is 11.7 Å². The van der Waals surface area contributed by atoms with Gasteiger partial charge in [-0.1, -0.05) is 35.6 Å². The molecule has 0 saturated carbocycles. The predicted octanol–water partition coefficient (Wildman–Crippen LogP) is 2.55. The number of hydrogen-bond donors (Lipinski definition) is 1. The molecule has 0 amide bonds. The molecule has 0 spiro atoms. The third kappa shape index (κ3) is 4.01. The number of aromatic hydroxyl groups is 1. The lowest BCUT2D eigenvalue weighted by molar-refractivity contribution is -0.385. The first-order valence-corrected chi connectivity index (χ1v) is 11.0. The third-order valence-electron chi connectivity index (χ3n) is 5.23. The second kappa shape index (κ2) is 9.02. The zero-order chi connectivity index (χ0) is 24.6. The summed E-state index contributed by atoms with van der Waals surface area (Å²) < 4.78 is 20.2. The average Bonchev–Trinajstić information content (AvgIpc) is 3.09. The fourth-order valence-electron chi connectivity index (χ4n) is 3.71. The number of benzene rings is 2. The number of carbonyl (C=O) groups is 1. The summed E-state index contributed by atoms with van der Waals surface area (Å²) in [6, 6.07) is 8.46. The molecule has 34 heavy (non-hydrogen) atoms. The van der Waals surface area contributed by atoms with Crippen molar-refractivity contribution in [2.75, 3.05) is 6.61 Å². The molecule has 1 N–H and O–H groups in total. The van der Waals surface area contributed by atoms with Crippen molar-refractivity contribution in [3.8, 4) is 5.75 Å². The number of halogens is 1. The summed E-state index contributed by atoms with van der Waals surface area (Å²) in [5.41, 5.74) is 0.0255. The van der Waals surface area contributed by atoms with Crippen LogP contribution in [0.3, 0.4) is 0 Å². The number of nitro groups is 1. The minimum absolute atomic E-state index is 0.0825. The number of thiazole rings is 1. The summed E-state index contributed by atoms with van der Waals surface area (Å²) >= 11 is 0.999. The number of para-hydroxylation sites is 1. The van der Waals surface area contributed by atoms with E-state index in [0.717, 1.165) is 17.4 Å². The molecule has 0 bridgehead atoms. The van der Waals surface area contributed by atoms with Gasteiger partial charge in [0.25, 0.3) is 5.56 Å². The average molecular weight is 483 g/mol. The van der Waals surface area contributed by atoms with Gasteiger partial charge in [0.1, 0.15) is 5.82 Å². The highest BCUT2D eigenvalue weighted by Crippen LogP contribution is 2.31. The molecule has 174 valence electrons. The Morgan fingerprint density at radius 1 is 1.32 bits per heavy atom. The Bertz CT molecular complexity index is 1520. The van der Waals surface area contributed by atoms with Crippen molar-refractivity contribution in [3.63, 3.8) is 0 Å². The molecule has 0 radical (unpaired) electrons. The van der Waals surface area contributed by atoms with Crippen molar-refractivity contribution in [2.45, 2.75) is 19.9 Å². The number of nitro benzene ring substituents is 1. The number of nitrogens with zero attached hydrogens (tertiary/aromatic N) is 3. The van der Waals surface area contributed by atoms with E-state index in [9.17, 15) is 29.2 Å². The summed E-state index contributed by atoms with van der Waals surface area (Å²) in [6.45, 7) is 3.38. The molecule has 0 saturated heterocycles. The Morgan fingerprint density at radius 3 is 2.68 bits per heavy atom.